The molecule has 3 aliphatic heterocycles. The van der Waals surface area contributed by atoms with Crippen LogP contribution >= 0.6 is 0 Å². The number of carbonyl (C=O) groups is 3. The minimum atomic E-state index is -5.08. The number of ether oxygens (including phenoxy) is 1. The second-order valence-electron chi connectivity index (χ2n) is 9.45. The third kappa shape index (κ3) is 9.97. The van der Waals surface area contributed by atoms with Gasteiger partial charge in [0.2, 0.25) is 0 Å². The molecular formula is C24H31F6N3O6. The number of hydrogen-bond acceptors (Lipinski definition) is 6. The predicted octanol–water partition coefficient (Wildman–Crippen LogP) is 2.77. The molecule has 220 valence electrons. The first-order valence-electron chi connectivity index (χ1n) is 12.0. The highest BCUT2D eigenvalue weighted by Crippen LogP contribution is 2.34. The first-order valence-corrected chi connectivity index (χ1v) is 12.0. The molecule has 9 nitrogen and oxygen atoms in total. The van der Waals surface area contributed by atoms with Crippen LogP contribution in [-0.4, -0.2) is 113 Å². The van der Waals surface area contributed by atoms with Gasteiger partial charge in [0.25, 0.3) is 5.91 Å². The third-order valence-corrected chi connectivity index (χ3v) is 6.48. The summed E-state index contributed by atoms with van der Waals surface area (Å²) in [6, 6.07) is 9.17. The number of amides is 1. The molecule has 3 saturated heterocycles. The molecular weight excluding hydrogens is 540 g/mol. The van der Waals surface area contributed by atoms with Gasteiger partial charge in [-0.25, -0.2) is 9.59 Å². The van der Waals surface area contributed by atoms with Crippen LogP contribution in [-0.2, 0) is 25.7 Å². The summed E-state index contributed by atoms with van der Waals surface area (Å²) in [6.07, 6.45) is -8.28. The lowest BCUT2D eigenvalue weighted by molar-refractivity contribution is -0.193. The summed E-state index contributed by atoms with van der Waals surface area (Å²) in [5.74, 6) is -5.31. The molecule has 15 heteroatoms. The number of carboxylic acid groups (broad SMARTS) is 2. The molecule has 0 bridgehead atoms. The maximum Gasteiger partial charge on any atom is 0.490 e. The monoisotopic (exact) mass is 571 g/mol. The summed E-state index contributed by atoms with van der Waals surface area (Å²) in [4.78, 5) is 37.4. The highest BCUT2D eigenvalue weighted by molar-refractivity contribution is 5.81. The number of rotatable bonds is 3. The van der Waals surface area contributed by atoms with Crippen LogP contribution in [0.4, 0.5) is 26.3 Å². The first kappa shape index (κ1) is 32.3. The molecule has 3 fully saturated rings. The van der Waals surface area contributed by atoms with Gasteiger partial charge in [0.15, 0.2) is 0 Å². The Labute approximate surface area is 220 Å². The number of hydrogen-bond donors (Lipinski definition) is 2. The molecule has 1 aromatic carbocycles. The van der Waals surface area contributed by atoms with Crippen molar-refractivity contribution in [3.8, 4) is 0 Å². The lowest BCUT2D eigenvalue weighted by Gasteiger charge is -2.34. The highest BCUT2D eigenvalue weighted by atomic mass is 19.4. The predicted molar refractivity (Wildman–Crippen MR) is 125 cm³/mol. The molecule has 0 saturated carbocycles. The van der Waals surface area contributed by atoms with Crippen molar-refractivity contribution in [1.82, 2.24) is 14.7 Å². The van der Waals surface area contributed by atoms with Crippen LogP contribution in [0.2, 0.25) is 0 Å². The molecule has 2 N–H and O–H groups in total. The van der Waals surface area contributed by atoms with Crippen LogP contribution in [0.5, 0.6) is 0 Å². The molecule has 4 rings (SSSR count). The fourth-order valence-electron chi connectivity index (χ4n) is 4.35. The topological polar surface area (TPSA) is 111 Å². The maximum absolute atomic E-state index is 12.8. The van der Waals surface area contributed by atoms with Gasteiger partial charge in [0.1, 0.15) is 6.10 Å². The molecule has 0 radical (unpaired) electrons. The van der Waals surface area contributed by atoms with E-state index in [0.717, 1.165) is 52.1 Å². The van der Waals surface area contributed by atoms with Crippen LogP contribution in [0.25, 0.3) is 0 Å². The fraction of sp³-hybridized carbons (Fsp3) is 0.625. The summed E-state index contributed by atoms with van der Waals surface area (Å²) >= 11 is 0. The Morgan fingerprint density at radius 2 is 1.38 bits per heavy atom. The number of benzene rings is 1. The van der Waals surface area contributed by atoms with Gasteiger partial charge in [-0.2, -0.15) is 26.3 Å². The lowest BCUT2D eigenvalue weighted by Crippen LogP contribution is -2.50. The van der Waals surface area contributed by atoms with Crippen molar-refractivity contribution < 1.29 is 55.7 Å². The average molecular weight is 572 g/mol. The number of likely N-dealkylation sites (tertiary alicyclic amines) is 1. The number of likely N-dealkylation sites (N-methyl/N-ethyl adjacent to an activating group) is 1. The van der Waals surface area contributed by atoms with E-state index in [4.69, 9.17) is 24.5 Å². The van der Waals surface area contributed by atoms with Crippen LogP contribution < -0.4 is 0 Å². The Morgan fingerprint density at radius 1 is 0.897 bits per heavy atom. The van der Waals surface area contributed by atoms with Crippen LogP contribution in [0.15, 0.2) is 24.3 Å². The Morgan fingerprint density at radius 3 is 1.85 bits per heavy atom. The van der Waals surface area contributed by atoms with E-state index in [-0.39, 0.29) is 18.1 Å². The van der Waals surface area contributed by atoms with Crippen molar-refractivity contribution >= 4 is 17.8 Å². The minimum absolute atomic E-state index is 0.206. The number of nitrogens with zero attached hydrogens (tertiary/aromatic N) is 3. The number of carboxylic acids is 2. The SMILES string of the molecule is Cc1ccc(CN2CC[C@@H]3O[C@@H](C(=O)N4CCN(C)CC4)C[C@@H]32)cc1.O=C(O)C(F)(F)F.O=C(O)C(F)(F)F. The number of piperazine rings is 1. The molecule has 3 atom stereocenters. The van der Waals surface area contributed by atoms with E-state index < -0.39 is 24.3 Å². The van der Waals surface area contributed by atoms with Crippen molar-refractivity contribution in [1.29, 1.82) is 0 Å². The Hall–Kier alpha value is -2.91. The molecule has 3 heterocycles. The van der Waals surface area contributed by atoms with Crippen molar-refractivity contribution in [2.75, 3.05) is 39.8 Å². The molecule has 1 aromatic rings. The average Bonchev–Trinajstić information content (AvgIpc) is 3.42. The fourth-order valence-corrected chi connectivity index (χ4v) is 4.35. The Kier molecular flexibility index (Phi) is 11.1. The molecule has 3 aliphatic rings. The molecule has 0 unspecified atom stereocenters. The van der Waals surface area contributed by atoms with Gasteiger partial charge in [0, 0.05) is 51.7 Å². The van der Waals surface area contributed by atoms with Gasteiger partial charge in [-0.15, -0.1) is 0 Å². The third-order valence-electron chi connectivity index (χ3n) is 6.48. The van der Waals surface area contributed by atoms with Crippen LogP contribution in [0.1, 0.15) is 24.0 Å². The van der Waals surface area contributed by atoms with Crippen molar-refractivity contribution in [2.24, 2.45) is 0 Å². The van der Waals surface area contributed by atoms with Crippen molar-refractivity contribution in [2.45, 2.75) is 56.9 Å². The summed E-state index contributed by atoms with van der Waals surface area (Å²) in [7, 11) is 2.11. The Balaban J connectivity index is 0.000000317. The number of fused-ring (bicyclic) bond motifs is 1. The van der Waals surface area contributed by atoms with E-state index in [1.807, 2.05) is 4.90 Å². The minimum Gasteiger partial charge on any atom is -0.475 e. The number of aryl methyl sites for hydroxylation is 1. The van der Waals surface area contributed by atoms with E-state index in [1.54, 1.807) is 0 Å². The van der Waals surface area contributed by atoms with Gasteiger partial charge in [-0.05, 0) is 26.0 Å². The van der Waals surface area contributed by atoms with E-state index in [2.05, 4.69) is 48.0 Å². The largest absolute Gasteiger partial charge is 0.490 e. The van der Waals surface area contributed by atoms with Crippen molar-refractivity contribution in [3.05, 3.63) is 35.4 Å². The first-order chi connectivity index (χ1) is 18.0. The molecule has 1 amide bonds. The van der Waals surface area contributed by atoms with E-state index >= 15 is 0 Å². The van der Waals surface area contributed by atoms with E-state index in [1.165, 1.54) is 11.1 Å². The highest BCUT2D eigenvalue weighted by Gasteiger charge is 2.46. The molecule has 0 spiro atoms. The molecule has 0 aromatic heterocycles. The second kappa shape index (κ2) is 13.4. The van der Waals surface area contributed by atoms with Gasteiger partial charge in [0.05, 0.1) is 6.10 Å². The van der Waals surface area contributed by atoms with Gasteiger partial charge in [-0.1, -0.05) is 29.8 Å². The number of carbonyl (C=O) groups excluding carboxylic acids is 1. The normalized spacial score (nSPS) is 23.7. The second-order valence-corrected chi connectivity index (χ2v) is 9.45. The van der Waals surface area contributed by atoms with E-state index in [9.17, 15) is 31.1 Å². The summed E-state index contributed by atoms with van der Waals surface area (Å²) in [5, 5.41) is 14.2. The zero-order chi connectivity index (χ0) is 29.5. The number of halogens is 6. The number of alkyl halides is 6. The Bertz CT molecular complexity index is 956. The van der Waals surface area contributed by atoms with Gasteiger partial charge >= 0.3 is 24.3 Å². The van der Waals surface area contributed by atoms with Gasteiger partial charge < -0.3 is 24.7 Å². The zero-order valence-electron chi connectivity index (χ0n) is 21.3. The van der Waals surface area contributed by atoms with Crippen LogP contribution in [0, 0.1) is 6.92 Å². The molecule has 39 heavy (non-hydrogen) atoms. The summed E-state index contributed by atoms with van der Waals surface area (Å²) in [5.41, 5.74) is 2.64. The smallest absolute Gasteiger partial charge is 0.475 e. The van der Waals surface area contributed by atoms with Crippen molar-refractivity contribution in [3.63, 3.8) is 0 Å². The van der Waals surface area contributed by atoms with Gasteiger partial charge in [-0.3, -0.25) is 9.69 Å². The lowest BCUT2D eigenvalue weighted by atomic mass is 10.1. The zero-order valence-corrected chi connectivity index (χ0v) is 21.3. The van der Waals surface area contributed by atoms with Crippen LogP contribution in [0.3, 0.4) is 0 Å². The quantitative estimate of drug-likeness (QED) is 0.534. The summed E-state index contributed by atoms with van der Waals surface area (Å²) < 4.78 is 69.6. The summed E-state index contributed by atoms with van der Waals surface area (Å²) in [6.45, 7) is 7.73. The number of aliphatic carboxylic acids is 2. The standard InChI is InChI=1S/C20H29N3O2.2C2HF3O2/c1-15-3-5-16(6-4-15)14-23-8-7-18-17(23)13-19(25-18)20(24)22-11-9-21(2)10-12-22;2*3-2(4,5)1(6)7/h3-6,17-19H,7-14H2,1-2H3;2*(H,6,7)/t17-,18-,19+;;/m0../s1. The van der Waals surface area contributed by atoms with E-state index in [0.29, 0.717) is 6.04 Å². The molecule has 0 aliphatic carbocycles. The maximum atomic E-state index is 12.8.